The number of likely N-dealkylation sites (tertiary alicyclic amines) is 1. The van der Waals surface area contributed by atoms with Crippen molar-refractivity contribution in [2.75, 3.05) is 33.7 Å². The van der Waals surface area contributed by atoms with E-state index >= 15 is 0 Å². The Morgan fingerprint density at radius 1 is 1.08 bits per heavy atom. The lowest BCUT2D eigenvalue weighted by Gasteiger charge is -2.30. The smallest absolute Gasteiger partial charge is 0.245 e. The zero-order chi connectivity index (χ0) is 26.1. The van der Waals surface area contributed by atoms with Crippen molar-refractivity contribution in [2.45, 2.75) is 64.5 Å². The van der Waals surface area contributed by atoms with Crippen LogP contribution >= 0.6 is 0 Å². The minimum absolute atomic E-state index is 0.0549. The summed E-state index contributed by atoms with van der Waals surface area (Å²) in [5.74, 6) is -0.343. The molecule has 2 atom stereocenters. The molecule has 3 amide bonds. The SMILES string of the molecule is CCC(CC)C(=O)N1CCCC1C(=O)NC(Cc1ccc2ccccc2c1)C(=O)N(C)CCCNC. The highest BCUT2D eigenvalue weighted by molar-refractivity contribution is 5.93. The molecule has 2 N–H and O–H groups in total. The summed E-state index contributed by atoms with van der Waals surface area (Å²) in [5, 5.41) is 8.40. The molecule has 36 heavy (non-hydrogen) atoms. The van der Waals surface area contributed by atoms with Gasteiger partial charge in [0, 0.05) is 32.5 Å². The van der Waals surface area contributed by atoms with Crippen molar-refractivity contribution < 1.29 is 14.4 Å². The van der Waals surface area contributed by atoms with E-state index in [1.54, 1.807) is 16.8 Å². The Balaban J connectivity index is 1.79. The third-order valence-electron chi connectivity index (χ3n) is 7.34. The molecule has 1 aliphatic heterocycles. The molecule has 1 saturated heterocycles. The van der Waals surface area contributed by atoms with Gasteiger partial charge >= 0.3 is 0 Å². The zero-order valence-corrected chi connectivity index (χ0v) is 22.3. The summed E-state index contributed by atoms with van der Waals surface area (Å²) >= 11 is 0. The predicted molar refractivity (Wildman–Crippen MR) is 145 cm³/mol. The molecular formula is C29H42N4O3. The topological polar surface area (TPSA) is 81.8 Å². The third kappa shape index (κ3) is 6.84. The molecule has 1 aliphatic rings. The molecule has 3 rings (SSSR count). The number of hydrogen-bond acceptors (Lipinski definition) is 4. The Bertz CT molecular complexity index is 1040. The molecule has 0 radical (unpaired) electrons. The maximum absolute atomic E-state index is 13.5. The van der Waals surface area contributed by atoms with Gasteiger partial charge in [0.2, 0.25) is 17.7 Å². The minimum atomic E-state index is -0.691. The van der Waals surface area contributed by atoms with Crippen LogP contribution in [-0.2, 0) is 20.8 Å². The predicted octanol–water partition coefficient (Wildman–Crippen LogP) is 3.36. The van der Waals surface area contributed by atoms with Crippen molar-refractivity contribution in [2.24, 2.45) is 5.92 Å². The molecule has 0 aliphatic carbocycles. The summed E-state index contributed by atoms with van der Waals surface area (Å²) in [6, 6.07) is 13.1. The van der Waals surface area contributed by atoms with Gasteiger partial charge < -0.3 is 20.4 Å². The minimum Gasteiger partial charge on any atom is -0.344 e. The second-order valence-electron chi connectivity index (χ2n) is 9.87. The van der Waals surface area contributed by atoms with Gasteiger partial charge in [-0.2, -0.15) is 0 Å². The Labute approximate surface area is 215 Å². The summed E-state index contributed by atoms with van der Waals surface area (Å²) in [6.07, 6.45) is 4.19. The Morgan fingerprint density at radius 2 is 1.81 bits per heavy atom. The fourth-order valence-electron chi connectivity index (χ4n) is 5.11. The summed E-state index contributed by atoms with van der Waals surface area (Å²) in [7, 11) is 3.68. The van der Waals surface area contributed by atoms with Crippen LogP contribution in [0.15, 0.2) is 42.5 Å². The number of benzene rings is 2. The fourth-order valence-corrected chi connectivity index (χ4v) is 5.11. The quantitative estimate of drug-likeness (QED) is 0.444. The van der Waals surface area contributed by atoms with Crippen molar-refractivity contribution in [1.82, 2.24) is 20.4 Å². The van der Waals surface area contributed by atoms with Crippen LogP contribution in [0.1, 0.15) is 51.5 Å². The van der Waals surface area contributed by atoms with Gasteiger partial charge in [0.1, 0.15) is 12.1 Å². The molecule has 1 heterocycles. The second-order valence-corrected chi connectivity index (χ2v) is 9.87. The van der Waals surface area contributed by atoms with E-state index in [2.05, 4.69) is 34.9 Å². The Hall–Kier alpha value is -2.93. The molecule has 2 aromatic carbocycles. The number of rotatable bonds is 12. The van der Waals surface area contributed by atoms with Gasteiger partial charge in [-0.05, 0) is 62.0 Å². The van der Waals surface area contributed by atoms with E-state index in [-0.39, 0.29) is 23.6 Å². The highest BCUT2D eigenvalue weighted by Gasteiger charge is 2.37. The molecule has 0 aromatic heterocycles. The molecule has 2 unspecified atom stereocenters. The zero-order valence-electron chi connectivity index (χ0n) is 22.3. The molecule has 2 aromatic rings. The van der Waals surface area contributed by atoms with Gasteiger partial charge in [-0.15, -0.1) is 0 Å². The average Bonchev–Trinajstić information content (AvgIpc) is 3.39. The van der Waals surface area contributed by atoms with E-state index in [9.17, 15) is 14.4 Å². The van der Waals surface area contributed by atoms with Gasteiger partial charge in [0.15, 0.2) is 0 Å². The van der Waals surface area contributed by atoms with Crippen LogP contribution in [0.4, 0.5) is 0 Å². The van der Waals surface area contributed by atoms with Gasteiger partial charge in [-0.3, -0.25) is 14.4 Å². The lowest BCUT2D eigenvalue weighted by molar-refractivity contribution is -0.143. The number of nitrogens with zero attached hydrogens (tertiary/aromatic N) is 2. The largest absolute Gasteiger partial charge is 0.344 e. The number of carbonyl (C=O) groups excluding carboxylic acids is 3. The van der Waals surface area contributed by atoms with Crippen molar-refractivity contribution in [1.29, 1.82) is 0 Å². The Kier molecular flexibility index (Phi) is 10.3. The lowest BCUT2D eigenvalue weighted by atomic mass is 9.99. The summed E-state index contributed by atoms with van der Waals surface area (Å²) in [6.45, 7) is 6.04. The molecule has 0 saturated carbocycles. The first kappa shape index (κ1) is 27.7. The fraction of sp³-hybridized carbons (Fsp3) is 0.552. The average molecular weight is 495 g/mol. The first-order valence-corrected chi connectivity index (χ1v) is 13.4. The van der Waals surface area contributed by atoms with Gasteiger partial charge in [0.25, 0.3) is 0 Å². The van der Waals surface area contributed by atoms with E-state index in [0.717, 1.165) is 48.6 Å². The van der Waals surface area contributed by atoms with E-state index in [1.165, 1.54) is 0 Å². The first-order valence-electron chi connectivity index (χ1n) is 13.4. The maximum Gasteiger partial charge on any atom is 0.245 e. The third-order valence-corrected chi connectivity index (χ3v) is 7.34. The van der Waals surface area contributed by atoms with Crippen LogP contribution in [-0.4, -0.2) is 73.3 Å². The highest BCUT2D eigenvalue weighted by atomic mass is 16.2. The van der Waals surface area contributed by atoms with Crippen LogP contribution in [0, 0.1) is 5.92 Å². The molecule has 0 bridgehead atoms. The van der Waals surface area contributed by atoms with Crippen LogP contribution in [0.25, 0.3) is 10.8 Å². The van der Waals surface area contributed by atoms with E-state index in [0.29, 0.717) is 25.9 Å². The summed E-state index contributed by atoms with van der Waals surface area (Å²) in [5.41, 5.74) is 0.993. The monoisotopic (exact) mass is 494 g/mol. The number of carbonyl (C=O) groups is 3. The number of likely N-dealkylation sites (N-methyl/N-ethyl adjacent to an activating group) is 1. The van der Waals surface area contributed by atoms with Gasteiger partial charge in [0.05, 0.1) is 0 Å². The highest BCUT2D eigenvalue weighted by Crippen LogP contribution is 2.23. The van der Waals surface area contributed by atoms with Crippen molar-refractivity contribution in [3.63, 3.8) is 0 Å². The number of nitrogens with one attached hydrogen (secondary N) is 2. The van der Waals surface area contributed by atoms with E-state index in [1.807, 2.05) is 39.1 Å². The van der Waals surface area contributed by atoms with Crippen molar-refractivity contribution in [3.05, 3.63) is 48.0 Å². The number of fused-ring (bicyclic) bond motifs is 1. The van der Waals surface area contributed by atoms with Gasteiger partial charge in [-0.25, -0.2) is 0 Å². The second kappa shape index (κ2) is 13.4. The van der Waals surface area contributed by atoms with Crippen LogP contribution in [0.5, 0.6) is 0 Å². The van der Waals surface area contributed by atoms with Crippen LogP contribution in [0.2, 0.25) is 0 Å². The number of hydrogen-bond donors (Lipinski definition) is 2. The van der Waals surface area contributed by atoms with Gasteiger partial charge in [-0.1, -0.05) is 56.3 Å². The molecule has 7 heteroatoms. The molecular weight excluding hydrogens is 452 g/mol. The summed E-state index contributed by atoms with van der Waals surface area (Å²) < 4.78 is 0. The maximum atomic E-state index is 13.5. The number of amides is 3. The first-order chi connectivity index (χ1) is 17.4. The van der Waals surface area contributed by atoms with Crippen molar-refractivity contribution in [3.8, 4) is 0 Å². The normalized spacial score (nSPS) is 16.4. The lowest BCUT2D eigenvalue weighted by Crippen LogP contribution is -2.54. The standard InChI is InChI=1S/C29H42N4O3/c1-5-22(6-2)28(35)33-18-9-13-26(33)27(34)31-25(29(36)32(4)17-10-16-30-3)20-21-14-15-23-11-7-8-12-24(23)19-21/h7-8,11-12,14-15,19,22,25-26,30H,5-6,9-10,13,16-18,20H2,1-4H3,(H,31,34). The molecule has 1 fully saturated rings. The molecule has 7 nitrogen and oxygen atoms in total. The van der Waals surface area contributed by atoms with E-state index < -0.39 is 12.1 Å². The van der Waals surface area contributed by atoms with E-state index in [4.69, 9.17) is 0 Å². The summed E-state index contributed by atoms with van der Waals surface area (Å²) in [4.78, 5) is 43.5. The van der Waals surface area contributed by atoms with Crippen molar-refractivity contribution >= 4 is 28.5 Å². The molecule has 196 valence electrons. The Morgan fingerprint density at radius 3 is 2.50 bits per heavy atom. The molecule has 0 spiro atoms. The van der Waals surface area contributed by atoms with Crippen LogP contribution in [0.3, 0.4) is 0 Å². The van der Waals surface area contributed by atoms with Crippen LogP contribution < -0.4 is 10.6 Å².